The average molecular weight is 372 g/mol. The topological polar surface area (TPSA) is 45.9 Å². The van der Waals surface area contributed by atoms with Crippen LogP contribution in [-0.2, 0) is 5.75 Å². The molecule has 4 heteroatoms. The first kappa shape index (κ1) is 17.6. The molecular formula is C23H20N2OS. The molecule has 1 saturated carbocycles. The Kier molecular flexibility index (Phi) is 5.13. The summed E-state index contributed by atoms with van der Waals surface area (Å²) in [5.41, 5.74) is 4.99. The normalized spacial score (nSPS) is 13.2. The Hall–Kier alpha value is -2.77. The van der Waals surface area contributed by atoms with E-state index in [1.807, 2.05) is 42.5 Å². The number of hydrogen-bond donors (Lipinski definition) is 0. The van der Waals surface area contributed by atoms with Crippen LogP contribution in [0.5, 0.6) is 5.75 Å². The molecule has 0 saturated heterocycles. The van der Waals surface area contributed by atoms with Crippen molar-refractivity contribution in [2.45, 2.75) is 29.5 Å². The quantitative estimate of drug-likeness (QED) is 0.513. The monoisotopic (exact) mass is 372 g/mol. The van der Waals surface area contributed by atoms with Crippen LogP contribution in [0.1, 0.15) is 35.6 Å². The summed E-state index contributed by atoms with van der Waals surface area (Å²) < 4.78 is 5.26. The predicted octanol–water partition coefficient (Wildman–Crippen LogP) is 5.80. The van der Waals surface area contributed by atoms with Gasteiger partial charge in [0, 0.05) is 22.9 Å². The van der Waals surface area contributed by atoms with Crippen molar-refractivity contribution in [1.82, 2.24) is 4.98 Å². The molecule has 0 amide bonds. The fourth-order valence-electron chi connectivity index (χ4n) is 3.07. The maximum Gasteiger partial charge on any atom is 0.118 e. The van der Waals surface area contributed by atoms with E-state index < -0.39 is 0 Å². The summed E-state index contributed by atoms with van der Waals surface area (Å²) in [6.07, 6.45) is 2.37. The molecule has 1 fully saturated rings. The summed E-state index contributed by atoms with van der Waals surface area (Å²) in [7, 11) is 1.66. The third kappa shape index (κ3) is 3.99. The Bertz CT molecular complexity index is 974. The van der Waals surface area contributed by atoms with E-state index in [9.17, 15) is 5.26 Å². The van der Waals surface area contributed by atoms with Crippen molar-refractivity contribution in [2.75, 3.05) is 7.11 Å². The molecule has 0 atom stereocenters. The van der Waals surface area contributed by atoms with Gasteiger partial charge in [0.05, 0.1) is 12.7 Å². The smallest absolute Gasteiger partial charge is 0.118 e. The van der Waals surface area contributed by atoms with Gasteiger partial charge in [-0.3, -0.25) is 0 Å². The van der Waals surface area contributed by atoms with Gasteiger partial charge in [-0.15, -0.1) is 11.8 Å². The molecule has 0 unspecified atom stereocenters. The van der Waals surface area contributed by atoms with Gasteiger partial charge in [-0.2, -0.15) is 5.26 Å². The van der Waals surface area contributed by atoms with Crippen LogP contribution in [0.3, 0.4) is 0 Å². The van der Waals surface area contributed by atoms with Crippen molar-refractivity contribution in [3.63, 3.8) is 0 Å². The number of benzene rings is 2. The molecule has 3 aromatic rings. The first-order valence-electron chi connectivity index (χ1n) is 9.04. The summed E-state index contributed by atoms with van der Waals surface area (Å²) in [5, 5.41) is 10.7. The van der Waals surface area contributed by atoms with Gasteiger partial charge in [0.1, 0.15) is 16.8 Å². The average Bonchev–Trinajstić information content (AvgIpc) is 3.58. The number of thioether (sulfide) groups is 1. The molecule has 1 aliphatic carbocycles. The molecule has 2 aromatic carbocycles. The zero-order valence-corrected chi connectivity index (χ0v) is 16.0. The van der Waals surface area contributed by atoms with Gasteiger partial charge in [0.25, 0.3) is 0 Å². The van der Waals surface area contributed by atoms with Crippen LogP contribution in [0.15, 0.2) is 65.7 Å². The summed E-state index contributed by atoms with van der Waals surface area (Å²) in [6, 6.07) is 22.7. The Morgan fingerprint density at radius 3 is 2.48 bits per heavy atom. The predicted molar refractivity (Wildman–Crippen MR) is 109 cm³/mol. The number of hydrogen-bond acceptors (Lipinski definition) is 4. The van der Waals surface area contributed by atoms with Crippen LogP contribution in [0.4, 0.5) is 0 Å². The lowest BCUT2D eigenvalue weighted by Crippen LogP contribution is -1.98. The Morgan fingerprint density at radius 1 is 1.11 bits per heavy atom. The van der Waals surface area contributed by atoms with Crippen molar-refractivity contribution in [3.05, 3.63) is 77.5 Å². The van der Waals surface area contributed by atoms with Crippen molar-refractivity contribution in [2.24, 2.45) is 0 Å². The van der Waals surface area contributed by atoms with Crippen molar-refractivity contribution < 1.29 is 4.74 Å². The molecule has 0 spiro atoms. The number of pyridine rings is 1. The minimum absolute atomic E-state index is 0.533. The van der Waals surface area contributed by atoms with E-state index in [2.05, 4.69) is 24.3 Å². The van der Waals surface area contributed by atoms with Crippen molar-refractivity contribution in [3.8, 4) is 22.9 Å². The molecule has 4 rings (SSSR count). The lowest BCUT2D eigenvalue weighted by molar-refractivity contribution is 0.415. The first-order chi connectivity index (χ1) is 13.3. The van der Waals surface area contributed by atoms with Gasteiger partial charge in [0.15, 0.2) is 0 Å². The van der Waals surface area contributed by atoms with Crippen molar-refractivity contribution in [1.29, 1.82) is 5.26 Å². The van der Waals surface area contributed by atoms with Crippen molar-refractivity contribution >= 4 is 11.8 Å². The van der Waals surface area contributed by atoms with E-state index in [0.717, 1.165) is 33.3 Å². The molecule has 0 radical (unpaired) electrons. The maximum atomic E-state index is 9.88. The third-order valence-corrected chi connectivity index (χ3v) is 5.78. The van der Waals surface area contributed by atoms with E-state index in [-0.39, 0.29) is 0 Å². The molecule has 3 nitrogen and oxygen atoms in total. The number of ether oxygens (including phenoxy) is 1. The highest BCUT2D eigenvalue weighted by Crippen LogP contribution is 2.43. The second kappa shape index (κ2) is 7.85. The van der Waals surface area contributed by atoms with Crippen LogP contribution in [-0.4, -0.2) is 12.1 Å². The zero-order chi connectivity index (χ0) is 18.6. The standard InChI is InChI=1S/C23H20N2OS/c1-26-19-11-9-17(10-12-19)20-13-22(18-7-8-18)25-23(21(20)14-24)27-15-16-5-3-2-4-6-16/h2-6,9-13,18H,7-8,15H2,1H3. The zero-order valence-electron chi connectivity index (χ0n) is 15.2. The van der Waals surface area contributed by atoms with Gasteiger partial charge in [-0.05, 0) is 42.2 Å². The first-order valence-corrected chi connectivity index (χ1v) is 10.0. The van der Waals surface area contributed by atoms with E-state index in [4.69, 9.17) is 9.72 Å². The number of methoxy groups -OCH3 is 1. The van der Waals surface area contributed by atoms with Gasteiger partial charge in [-0.1, -0.05) is 42.5 Å². The van der Waals surface area contributed by atoms with Crippen LogP contribution in [0, 0.1) is 11.3 Å². The molecule has 134 valence electrons. The summed E-state index contributed by atoms with van der Waals surface area (Å²) >= 11 is 1.64. The highest BCUT2D eigenvalue weighted by atomic mass is 32.2. The maximum absolute atomic E-state index is 9.88. The molecule has 1 aromatic heterocycles. The highest BCUT2D eigenvalue weighted by Gasteiger charge is 2.27. The number of aromatic nitrogens is 1. The lowest BCUT2D eigenvalue weighted by atomic mass is 10.00. The van der Waals surface area contributed by atoms with Crippen LogP contribution < -0.4 is 4.74 Å². The fraction of sp³-hybridized carbons (Fsp3) is 0.217. The number of nitrogens with zero attached hydrogens (tertiary/aromatic N) is 2. The van der Waals surface area contributed by atoms with E-state index in [1.54, 1.807) is 18.9 Å². The van der Waals surface area contributed by atoms with E-state index in [0.29, 0.717) is 11.5 Å². The summed E-state index contributed by atoms with van der Waals surface area (Å²) in [6.45, 7) is 0. The Morgan fingerprint density at radius 2 is 1.85 bits per heavy atom. The van der Waals surface area contributed by atoms with Gasteiger partial charge in [-0.25, -0.2) is 4.98 Å². The van der Waals surface area contributed by atoms with Gasteiger partial charge < -0.3 is 4.74 Å². The Labute approximate surface area is 164 Å². The molecule has 1 heterocycles. The van der Waals surface area contributed by atoms with E-state index in [1.165, 1.54) is 18.4 Å². The molecule has 0 aliphatic heterocycles. The SMILES string of the molecule is COc1ccc(-c2cc(C3CC3)nc(SCc3ccccc3)c2C#N)cc1. The molecule has 0 bridgehead atoms. The van der Waals surface area contributed by atoms with Gasteiger partial charge in [0.2, 0.25) is 0 Å². The minimum Gasteiger partial charge on any atom is -0.497 e. The van der Waals surface area contributed by atoms with Crippen LogP contribution in [0.2, 0.25) is 0 Å². The second-order valence-corrected chi connectivity index (χ2v) is 7.63. The Balaban J connectivity index is 1.73. The number of rotatable bonds is 6. The number of nitriles is 1. The largest absolute Gasteiger partial charge is 0.497 e. The van der Waals surface area contributed by atoms with Crippen LogP contribution in [0.25, 0.3) is 11.1 Å². The molecule has 1 aliphatic rings. The lowest BCUT2D eigenvalue weighted by Gasteiger charge is -2.12. The molecule has 27 heavy (non-hydrogen) atoms. The molecular weight excluding hydrogens is 352 g/mol. The second-order valence-electron chi connectivity index (χ2n) is 6.66. The van der Waals surface area contributed by atoms with Crippen LogP contribution >= 0.6 is 11.8 Å². The highest BCUT2D eigenvalue weighted by molar-refractivity contribution is 7.98. The summed E-state index contributed by atoms with van der Waals surface area (Å²) in [4.78, 5) is 4.86. The minimum atomic E-state index is 0.533. The third-order valence-electron chi connectivity index (χ3n) is 4.73. The van der Waals surface area contributed by atoms with Gasteiger partial charge >= 0.3 is 0 Å². The van der Waals surface area contributed by atoms with E-state index >= 15 is 0 Å². The molecule has 0 N–H and O–H groups in total. The summed E-state index contributed by atoms with van der Waals surface area (Å²) in [5.74, 6) is 2.15. The fourth-order valence-corrected chi connectivity index (χ4v) is 4.03.